The molecule has 2 aliphatic rings. The van der Waals surface area contributed by atoms with Crippen molar-refractivity contribution in [3.8, 4) is 0 Å². The highest BCUT2D eigenvalue weighted by Crippen LogP contribution is 2.36. The van der Waals surface area contributed by atoms with Gasteiger partial charge in [-0.15, -0.1) is 0 Å². The van der Waals surface area contributed by atoms with E-state index in [-0.39, 0.29) is 5.91 Å². The van der Waals surface area contributed by atoms with Crippen molar-refractivity contribution in [1.29, 1.82) is 0 Å². The number of fused-ring (bicyclic) bond motifs is 1. The predicted molar refractivity (Wildman–Crippen MR) is 121 cm³/mol. The summed E-state index contributed by atoms with van der Waals surface area (Å²) >= 11 is 0. The number of methoxy groups -OCH3 is 1. The van der Waals surface area contributed by atoms with E-state index in [1.165, 1.54) is 5.56 Å². The molecule has 1 spiro atoms. The molecule has 0 bridgehead atoms. The van der Waals surface area contributed by atoms with Gasteiger partial charge in [0.05, 0.1) is 37.5 Å². The first-order valence-electron chi connectivity index (χ1n) is 10.6. The second kappa shape index (κ2) is 8.88. The number of likely N-dealkylation sites (tertiary alicyclic amines) is 1. The Labute approximate surface area is 178 Å². The smallest absolute Gasteiger partial charge is 0.227 e. The summed E-state index contributed by atoms with van der Waals surface area (Å²) in [5.41, 5.74) is 3.91. The van der Waals surface area contributed by atoms with Crippen molar-refractivity contribution in [3.63, 3.8) is 0 Å². The number of nitrogens with zero attached hydrogens (tertiary/aromatic N) is 2. The molecule has 30 heavy (non-hydrogen) atoms. The number of anilines is 2. The summed E-state index contributed by atoms with van der Waals surface area (Å²) in [5.74, 6) is 1.06. The molecular weight excluding hydrogens is 376 g/mol. The molecule has 2 N–H and O–H groups in total. The number of hydrogen-bond donors (Lipinski definition) is 2. The van der Waals surface area contributed by atoms with Crippen LogP contribution in [0.5, 0.6) is 0 Å². The van der Waals surface area contributed by atoms with Gasteiger partial charge in [0.2, 0.25) is 5.91 Å². The zero-order valence-corrected chi connectivity index (χ0v) is 17.8. The van der Waals surface area contributed by atoms with Gasteiger partial charge in [-0.3, -0.25) is 9.79 Å². The molecule has 2 aliphatic heterocycles. The van der Waals surface area contributed by atoms with Crippen LogP contribution in [0.4, 0.5) is 11.4 Å². The predicted octanol–water partition coefficient (Wildman–Crippen LogP) is 3.48. The maximum absolute atomic E-state index is 13.1. The highest BCUT2D eigenvalue weighted by atomic mass is 16.5. The lowest BCUT2D eigenvalue weighted by atomic mass is 9.85. The van der Waals surface area contributed by atoms with Crippen LogP contribution in [0.2, 0.25) is 0 Å². The zero-order chi connectivity index (χ0) is 21.0. The Balaban J connectivity index is 1.57. The van der Waals surface area contributed by atoms with Gasteiger partial charge in [-0.1, -0.05) is 42.0 Å². The fraction of sp³-hybridized carbons (Fsp3) is 0.417. The molecule has 0 radical (unpaired) electrons. The Morgan fingerprint density at radius 2 is 2.03 bits per heavy atom. The Bertz CT molecular complexity index is 942. The van der Waals surface area contributed by atoms with Gasteiger partial charge in [0.25, 0.3) is 0 Å². The van der Waals surface area contributed by atoms with E-state index >= 15 is 0 Å². The van der Waals surface area contributed by atoms with E-state index in [1.807, 2.05) is 35.2 Å². The van der Waals surface area contributed by atoms with E-state index in [0.29, 0.717) is 26.1 Å². The van der Waals surface area contributed by atoms with E-state index in [4.69, 9.17) is 9.73 Å². The Hall–Kier alpha value is -2.86. The fourth-order valence-electron chi connectivity index (χ4n) is 4.38. The van der Waals surface area contributed by atoms with Crippen molar-refractivity contribution in [2.75, 3.05) is 44.0 Å². The Morgan fingerprint density at radius 1 is 1.20 bits per heavy atom. The summed E-state index contributed by atoms with van der Waals surface area (Å²) in [4.78, 5) is 19.9. The monoisotopic (exact) mass is 406 g/mol. The van der Waals surface area contributed by atoms with Crippen molar-refractivity contribution < 1.29 is 9.53 Å². The maximum atomic E-state index is 13.1. The minimum absolute atomic E-state index is 0.163. The van der Waals surface area contributed by atoms with Gasteiger partial charge >= 0.3 is 0 Å². The molecule has 2 heterocycles. The highest BCUT2D eigenvalue weighted by molar-refractivity contribution is 6.10. The number of piperidine rings is 1. The number of rotatable bonds is 5. The number of carbonyl (C=O) groups excluding carboxylic acids is 1. The average Bonchev–Trinajstić information content (AvgIpc) is 2.74. The van der Waals surface area contributed by atoms with E-state index in [0.717, 1.165) is 42.2 Å². The molecule has 2 aromatic rings. The number of benzene rings is 2. The van der Waals surface area contributed by atoms with Crippen LogP contribution >= 0.6 is 0 Å². The number of hydrogen-bond acceptors (Lipinski definition) is 4. The van der Waals surface area contributed by atoms with Crippen molar-refractivity contribution in [2.24, 2.45) is 4.99 Å². The average molecular weight is 407 g/mol. The largest absolute Gasteiger partial charge is 0.383 e. The summed E-state index contributed by atoms with van der Waals surface area (Å²) in [7, 11) is 1.68. The van der Waals surface area contributed by atoms with Gasteiger partial charge in [0, 0.05) is 13.7 Å². The van der Waals surface area contributed by atoms with Crippen LogP contribution in [0, 0.1) is 6.92 Å². The third-order valence-electron chi connectivity index (χ3n) is 5.86. The van der Waals surface area contributed by atoms with Crippen LogP contribution in [0.3, 0.4) is 0 Å². The summed E-state index contributed by atoms with van der Waals surface area (Å²) in [6.45, 7) is 4.59. The minimum atomic E-state index is -0.400. The minimum Gasteiger partial charge on any atom is -0.383 e. The third-order valence-corrected chi connectivity index (χ3v) is 5.86. The molecular formula is C24H30N4O2. The number of para-hydroxylation sites is 2. The van der Waals surface area contributed by atoms with Crippen molar-refractivity contribution >= 4 is 23.1 Å². The van der Waals surface area contributed by atoms with Crippen molar-refractivity contribution in [1.82, 2.24) is 4.90 Å². The summed E-state index contributed by atoms with van der Waals surface area (Å²) < 4.78 is 5.19. The number of ether oxygens (including phenoxy) is 1. The topological polar surface area (TPSA) is 66.0 Å². The first kappa shape index (κ1) is 20.4. The van der Waals surface area contributed by atoms with Crippen molar-refractivity contribution in [2.45, 2.75) is 31.7 Å². The lowest BCUT2D eigenvalue weighted by Crippen LogP contribution is -2.62. The standard InChI is InChI=1S/C24H30N4O2/c1-18-7-5-8-19(15-18)16-22(29)28-13-6-11-24(17-28)23(25-12-14-30-2)26-20-9-3-4-10-21(20)27-24/h3-5,7-10,15,27H,6,11-14,16-17H2,1-2H3,(H,25,26)/t24-/m1/s1. The van der Waals surface area contributed by atoms with Gasteiger partial charge in [-0.25, -0.2) is 0 Å². The summed E-state index contributed by atoms with van der Waals surface area (Å²) in [6.07, 6.45) is 2.28. The number of amidine groups is 1. The lowest BCUT2D eigenvalue weighted by Gasteiger charge is -2.47. The Morgan fingerprint density at radius 3 is 2.83 bits per heavy atom. The van der Waals surface area contributed by atoms with Crippen LogP contribution in [0.15, 0.2) is 53.5 Å². The van der Waals surface area contributed by atoms with E-state index in [1.54, 1.807) is 7.11 Å². The molecule has 0 aromatic heterocycles. The molecule has 158 valence electrons. The van der Waals surface area contributed by atoms with E-state index in [2.05, 4.69) is 35.8 Å². The summed E-state index contributed by atoms with van der Waals surface area (Å²) in [5, 5.41) is 7.25. The molecule has 4 rings (SSSR count). The van der Waals surface area contributed by atoms with Gasteiger partial charge in [-0.05, 0) is 37.5 Å². The SMILES string of the molecule is COCCN=C1Nc2ccccc2N[C@@]12CCCN(C(=O)Cc1cccc(C)c1)C2. The zero-order valence-electron chi connectivity index (χ0n) is 17.8. The second-order valence-corrected chi connectivity index (χ2v) is 8.19. The molecule has 0 aliphatic carbocycles. The number of nitrogens with one attached hydrogen (secondary N) is 2. The van der Waals surface area contributed by atoms with E-state index in [9.17, 15) is 4.79 Å². The van der Waals surface area contributed by atoms with Crippen LogP contribution < -0.4 is 10.6 Å². The van der Waals surface area contributed by atoms with E-state index < -0.39 is 5.54 Å². The quantitative estimate of drug-likeness (QED) is 0.746. The van der Waals surface area contributed by atoms with Gasteiger partial charge in [-0.2, -0.15) is 0 Å². The van der Waals surface area contributed by atoms with Crippen LogP contribution in [0.1, 0.15) is 24.0 Å². The van der Waals surface area contributed by atoms with Crippen LogP contribution in [-0.4, -0.2) is 55.5 Å². The third kappa shape index (κ3) is 4.33. The lowest BCUT2D eigenvalue weighted by molar-refractivity contribution is -0.131. The number of carbonyl (C=O) groups is 1. The summed E-state index contributed by atoms with van der Waals surface area (Å²) in [6, 6.07) is 16.3. The molecule has 0 unspecified atom stereocenters. The van der Waals surface area contributed by atoms with Gasteiger partial charge < -0.3 is 20.3 Å². The molecule has 2 aromatic carbocycles. The number of amides is 1. The van der Waals surface area contributed by atoms with Crippen LogP contribution in [-0.2, 0) is 16.0 Å². The Kier molecular flexibility index (Phi) is 6.04. The first-order valence-corrected chi connectivity index (χ1v) is 10.6. The normalized spacial score (nSPS) is 21.8. The first-order chi connectivity index (χ1) is 14.6. The van der Waals surface area contributed by atoms with Crippen LogP contribution in [0.25, 0.3) is 0 Å². The molecule has 1 amide bonds. The maximum Gasteiger partial charge on any atom is 0.227 e. The molecule has 6 nitrogen and oxygen atoms in total. The van der Waals surface area contributed by atoms with Gasteiger partial charge in [0.15, 0.2) is 0 Å². The molecule has 1 saturated heterocycles. The number of aliphatic imine (C=N–C) groups is 1. The number of aryl methyl sites for hydroxylation is 1. The second-order valence-electron chi connectivity index (χ2n) is 8.19. The molecule has 6 heteroatoms. The highest BCUT2D eigenvalue weighted by Gasteiger charge is 2.44. The van der Waals surface area contributed by atoms with Gasteiger partial charge in [0.1, 0.15) is 11.4 Å². The molecule has 1 fully saturated rings. The molecule has 1 atom stereocenters. The fourth-order valence-corrected chi connectivity index (χ4v) is 4.38. The van der Waals surface area contributed by atoms with Crippen molar-refractivity contribution in [3.05, 3.63) is 59.7 Å². The molecule has 0 saturated carbocycles.